The zero-order chi connectivity index (χ0) is 14.8. The van der Waals surface area contributed by atoms with Crippen LogP contribution in [0.3, 0.4) is 0 Å². The van der Waals surface area contributed by atoms with E-state index in [1.165, 1.54) is 6.07 Å². The number of carbonyl (C=O) groups is 1. The van der Waals surface area contributed by atoms with E-state index in [1.807, 2.05) is 4.90 Å². The predicted molar refractivity (Wildman–Crippen MR) is 79.4 cm³/mol. The topological polar surface area (TPSA) is 72.8 Å². The molecule has 0 saturated carbocycles. The molecule has 5 heteroatoms. The number of nitrogens with one attached hydrogen (secondary N) is 1. The molecule has 114 valence electrons. The fourth-order valence-electron chi connectivity index (χ4n) is 3.60. The summed E-state index contributed by atoms with van der Waals surface area (Å²) in [7, 11) is 0. The Hall–Kier alpha value is -1.75. The zero-order valence-electron chi connectivity index (χ0n) is 12.1. The highest BCUT2D eigenvalue weighted by Crippen LogP contribution is 2.33. The van der Waals surface area contributed by atoms with E-state index in [4.69, 9.17) is 0 Å². The third-order valence-corrected chi connectivity index (χ3v) is 4.68. The molecule has 1 amide bonds. The number of nitrogens with zero attached hydrogens (tertiary/aromatic N) is 1. The molecule has 2 saturated heterocycles. The third kappa shape index (κ3) is 2.70. The minimum atomic E-state index is -0.310. The standard InChI is InChI=1S/C16H22N2O3/c19-14-7-1-5-12(15(14)20)16(21)18-9-3-6-13(18)11-4-2-8-17-10-11/h1,5,7,11,13,17,19-20H,2-4,6,8-10H2. The third-order valence-electron chi connectivity index (χ3n) is 4.68. The Kier molecular flexibility index (Phi) is 4.01. The van der Waals surface area contributed by atoms with Crippen LogP contribution in [-0.4, -0.2) is 46.7 Å². The molecule has 0 aromatic heterocycles. The number of carbonyl (C=O) groups excluding carboxylic acids is 1. The van der Waals surface area contributed by atoms with Crippen LogP contribution in [0.2, 0.25) is 0 Å². The van der Waals surface area contributed by atoms with Gasteiger partial charge in [-0.05, 0) is 56.8 Å². The number of amides is 1. The maximum absolute atomic E-state index is 12.7. The lowest BCUT2D eigenvalue weighted by molar-refractivity contribution is 0.0667. The second-order valence-electron chi connectivity index (χ2n) is 5.99. The van der Waals surface area contributed by atoms with Crippen molar-refractivity contribution in [1.29, 1.82) is 0 Å². The van der Waals surface area contributed by atoms with Gasteiger partial charge >= 0.3 is 0 Å². The summed E-state index contributed by atoms with van der Waals surface area (Å²) in [5.41, 5.74) is 0.200. The highest BCUT2D eigenvalue weighted by molar-refractivity contribution is 5.98. The first-order chi connectivity index (χ1) is 10.2. The van der Waals surface area contributed by atoms with E-state index in [0.717, 1.165) is 45.3 Å². The Morgan fingerprint density at radius 2 is 2.10 bits per heavy atom. The van der Waals surface area contributed by atoms with Gasteiger partial charge in [0.25, 0.3) is 5.91 Å². The average molecular weight is 290 g/mol. The molecule has 2 atom stereocenters. The quantitative estimate of drug-likeness (QED) is 0.725. The van der Waals surface area contributed by atoms with Crippen LogP contribution in [0.5, 0.6) is 11.5 Å². The maximum Gasteiger partial charge on any atom is 0.258 e. The molecule has 5 nitrogen and oxygen atoms in total. The lowest BCUT2D eigenvalue weighted by Crippen LogP contribution is -2.45. The molecule has 0 radical (unpaired) electrons. The minimum absolute atomic E-state index is 0.170. The molecule has 2 aliphatic rings. The van der Waals surface area contributed by atoms with Crippen molar-refractivity contribution >= 4 is 5.91 Å². The van der Waals surface area contributed by atoms with Crippen LogP contribution in [0.4, 0.5) is 0 Å². The summed E-state index contributed by atoms with van der Waals surface area (Å²) in [6.07, 6.45) is 4.33. The van der Waals surface area contributed by atoms with Gasteiger partial charge in [-0.3, -0.25) is 4.79 Å². The Morgan fingerprint density at radius 1 is 1.24 bits per heavy atom. The fourth-order valence-corrected chi connectivity index (χ4v) is 3.60. The van der Waals surface area contributed by atoms with Gasteiger partial charge in [0.05, 0.1) is 5.56 Å². The van der Waals surface area contributed by atoms with E-state index >= 15 is 0 Å². The number of likely N-dealkylation sites (tertiary alicyclic amines) is 1. The summed E-state index contributed by atoms with van der Waals surface area (Å²) in [6.45, 7) is 2.75. The van der Waals surface area contributed by atoms with Crippen LogP contribution in [0.1, 0.15) is 36.0 Å². The van der Waals surface area contributed by atoms with Gasteiger partial charge in [-0.2, -0.15) is 0 Å². The van der Waals surface area contributed by atoms with Gasteiger partial charge in [0.2, 0.25) is 0 Å². The molecule has 21 heavy (non-hydrogen) atoms. The Bertz CT molecular complexity index is 526. The van der Waals surface area contributed by atoms with Crippen LogP contribution in [-0.2, 0) is 0 Å². The number of phenols is 2. The smallest absolute Gasteiger partial charge is 0.258 e. The van der Waals surface area contributed by atoms with E-state index in [1.54, 1.807) is 12.1 Å². The van der Waals surface area contributed by atoms with Crippen molar-refractivity contribution in [2.75, 3.05) is 19.6 Å². The Morgan fingerprint density at radius 3 is 2.86 bits per heavy atom. The van der Waals surface area contributed by atoms with Crippen molar-refractivity contribution < 1.29 is 15.0 Å². The van der Waals surface area contributed by atoms with Crippen LogP contribution in [0.25, 0.3) is 0 Å². The van der Waals surface area contributed by atoms with E-state index in [0.29, 0.717) is 5.92 Å². The monoisotopic (exact) mass is 290 g/mol. The number of phenolic OH excluding ortho intramolecular Hbond substituents is 2. The van der Waals surface area contributed by atoms with Gasteiger partial charge in [0, 0.05) is 12.6 Å². The molecule has 2 heterocycles. The molecule has 0 bridgehead atoms. The number of piperidine rings is 1. The van der Waals surface area contributed by atoms with Gasteiger partial charge < -0.3 is 20.4 Å². The van der Waals surface area contributed by atoms with Gasteiger partial charge in [-0.25, -0.2) is 0 Å². The van der Waals surface area contributed by atoms with Crippen molar-refractivity contribution in [2.24, 2.45) is 5.92 Å². The van der Waals surface area contributed by atoms with Gasteiger partial charge in [0.1, 0.15) is 0 Å². The first kappa shape index (κ1) is 14.2. The van der Waals surface area contributed by atoms with E-state index < -0.39 is 0 Å². The second-order valence-corrected chi connectivity index (χ2v) is 5.99. The molecule has 0 spiro atoms. The molecular weight excluding hydrogens is 268 g/mol. The molecule has 2 unspecified atom stereocenters. The zero-order valence-corrected chi connectivity index (χ0v) is 12.1. The summed E-state index contributed by atoms with van der Waals surface area (Å²) in [5.74, 6) is -0.230. The number of hydrogen-bond acceptors (Lipinski definition) is 4. The first-order valence-corrected chi connectivity index (χ1v) is 7.71. The lowest BCUT2D eigenvalue weighted by Gasteiger charge is -2.34. The molecule has 2 fully saturated rings. The summed E-state index contributed by atoms with van der Waals surface area (Å²) in [4.78, 5) is 14.6. The Labute approximate surface area is 124 Å². The van der Waals surface area contributed by atoms with Crippen LogP contribution >= 0.6 is 0 Å². The molecule has 2 aliphatic heterocycles. The summed E-state index contributed by atoms with van der Waals surface area (Å²) in [6, 6.07) is 4.80. The molecule has 0 aliphatic carbocycles. The summed E-state index contributed by atoms with van der Waals surface area (Å²) < 4.78 is 0. The van der Waals surface area contributed by atoms with Crippen LogP contribution < -0.4 is 5.32 Å². The van der Waals surface area contributed by atoms with E-state index in [2.05, 4.69) is 5.32 Å². The lowest BCUT2D eigenvalue weighted by atomic mass is 9.90. The maximum atomic E-state index is 12.7. The second kappa shape index (κ2) is 5.93. The molecule has 3 N–H and O–H groups in total. The van der Waals surface area contributed by atoms with Crippen molar-refractivity contribution in [3.63, 3.8) is 0 Å². The molecule has 3 rings (SSSR count). The summed E-state index contributed by atoms with van der Waals surface area (Å²) >= 11 is 0. The molecule has 1 aromatic rings. The largest absolute Gasteiger partial charge is 0.504 e. The molecule has 1 aromatic carbocycles. The van der Waals surface area contributed by atoms with Gasteiger partial charge in [-0.1, -0.05) is 6.07 Å². The van der Waals surface area contributed by atoms with Crippen molar-refractivity contribution in [3.8, 4) is 11.5 Å². The van der Waals surface area contributed by atoms with Crippen LogP contribution in [0.15, 0.2) is 18.2 Å². The van der Waals surface area contributed by atoms with Crippen molar-refractivity contribution in [1.82, 2.24) is 10.2 Å². The summed E-state index contributed by atoms with van der Waals surface area (Å²) in [5, 5.41) is 22.9. The predicted octanol–water partition coefficient (Wildman–Crippen LogP) is 1.70. The van der Waals surface area contributed by atoms with Gasteiger partial charge in [-0.15, -0.1) is 0 Å². The normalized spacial score (nSPS) is 26.0. The fraction of sp³-hybridized carbons (Fsp3) is 0.562. The van der Waals surface area contributed by atoms with Crippen molar-refractivity contribution in [2.45, 2.75) is 31.7 Å². The Balaban J connectivity index is 1.81. The highest BCUT2D eigenvalue weighted by Gasteiger charge is 2.36. The van der Waals surface area contributed by atoms with Crippen molar-refractivity contribution in [3.05, 3.63) is 23.8 Å². The highest BCUT2D eigenvalue weighted by atomic mass is 16.3. The van der Waals surface area contributed by atoms with E-state index in [-0.39, 0.29) is 29.0 Å². The number of aromatic hydroxyl groups is 2. The number of hydrogen-bond donors (Lipinski definition) is 3. The van der Waals surface area contributed by atoms with Gasteiger partial charge in [0.15, 0.2) is 11.5 Å². The number of para-hydroxylation sites is 1. The number of rotatable bonds is 2. The van der Waals surface area contributed by atoms with Crippen LogP contribution in [0, 0.1) is 5.92 Å². The SMILES string of the molecule is O=C(c1cccc(O)c1O)N1CCCC1C1CCCNC1. The van der Waals surface area contributed by atoms with E-state index in [9.17, 15) is 15.0 Å². The molecular formula is C16H22N2O3. The average Bonchev–Trinajstić information content (AvgIpc) is 3.00. The first-order valence-electron chi connectivity index (χ1n) is 7.71. The number of benzene rings is 1. The minimum Gasteiger partial charge on any atom is -0.504 e.